The highest BCUT2D eigenvalue weighted by atomic mass is 35.5. The number of benzene rings is 2. The van der Waals surface area contributed by atoms with E-state index in [-0.39, 0.29) is 18.9 Å². The highest BCUT2D eigenvalue weighted by Crippen LogP contribution is 2.22. The fraction of sp³-hybridized carbons (Fsp3) is 0.167. The van der Waals surface area contributed by atoms with Gasteiger partial charge < -0.3 is 9.30 Å². The molecule has 3 aromatic rings. The molecule has 0 aliphatic rings. The number of amides is 1. The molecule has 2 aromatic carbocycles. The predicted octanol–water partition coefficient (Wildman–Crippen LogP) is 3.85. The van der Waals surface area contributed by atoms with Gasteiger partial charge in [0, 0.05) is 10.0 Å². The lowest BCUT2D eigenvalue weighted by Gasteiger charge is -2.03. The SMILES string of the molecule is COC(=O)Cn1c(=NC(=O)Cc2ccc(Cl)cc2)sc2cc(Cl)ccc21. The summed E-state index contributed by atoms with van der Waals surface area (Å²) in [4.78, 5) is 28.7. The number of carbonyl (C=O) groups excluding carboxylic acids is 2. The van der Waals surface area contributed by atoms with Gasteiger partial charge in [-0.15, -0.1) is 0 Å². The average Bonchev–Trinajstić information content (AvgIpc) is 2.93. The molecular formula is C18H14Cl2N2O3S. The van der Waals surface area contributed by atoms with Crippen molar-refractivity contribution in [1.82, 2.24) is 4.57 Å². The van der Waals surface area contributed by atoms with Crippen molar-refractivity contribution >= 4 is 56.6 Å². The zero-order chi connectivity index (χ0) is 18.7. The summed E-state index contributed by atoms with van der Waals surface area (Å²) in [5.74, 6) is -0.741. The molecule has 0 aliphatic heterocycles. The van der Waals surface area contributed by atoms with Gasteiger partial charge in [0.25, 0.3) is 5.91 Å². The van der Waals surface area contributed by atoms with Crippen LogP contribution in [0.25, 0.3) is 10.2 Å². The van der Waals surface area contributed by atoms with Crippen LogP contribution in [0.15, 0.2) is 47.5 Å². The third-order valence-corrected chi connectivity index (χ3v) is 5.18. The number of aromatic nitrogens is 1. The minimum absolute atomic E-state index is 0.0365. The molecule has 0 unspecified atom stereocenters. The van der Waals surface area contributed by atoms with E-state index in [1.165, 1.54) is 18.4 Å². The zero-order valence-corrected chi connectivity index (χ0v) is 16.1. The molecule has 0 fully saturated rings. The van der Waals surface area contributed by atoms with Crippen LogP contribution in [0.2, 0.25) is 10.0 Å². The molecule has 3 rings (SSSR count). The van der Waals surface area contributed by atoms with Crippen molar-refractivity contribution in [2.24, 2.45) is 4.99 Å². The van der Waals surface area contributed by atoms with Gasteiger partial charge in [0.05, 0.1) is 23.7 Å². The number of carbonyl (C=O) groups is 2. The quantitative estimate of drug-likeness (QED) is 0.615. The smallest absolute Gasteiger partial charge is 0.325 e. The van der Waals surface area contributed by atoms with E-state index in [2.05, 4.69) is 4.99 Å². The summed E-state index contributed by atoms with van der Waals surface area (Å²) in [5, 5.41) is 1.18. The van der Waals surface area contributed by atoms with E-state index in [4.69, 9.17) is 27.9 Å². The molecule has 0 N–H and O–H groups in total. The Morgan fingerprint density at radius 1 is 1.12 bits per heavy atom. The van der Waals surface area contributed by atoms with Crippen molar-refractivity contribution in [3.63, 3.8) is 0 Å². The summed E-state index contributed by atoms with van der Waals surface area (Å²) >= 11 is 13.2. The predicted molar refractivity (Wildman–Crippen MR) is 103 cm³/mol. The molecule has 0 aliphatic carbocycles. The molecule has 0 atom stereocenters. The number of fused-ring (bicyclic) bond motifs is 1. The lowest BCUT2D eigenvalue weighted by molar-refractivity contribution is -0.141. The minimum Gasteiger partial charge on any atom is -0.468 e. The fourth-order valence-corrected chi connectivity index (χ4v) is 3.85. The standard InChI is InChI=1S/C18H14Cl2N2O3S/c1-25-17(24)10-22-14-7-6-13(20)9-15(14)26-18(22)21-16(23)8-11-2-4-12(19)5-3-11/h2-7,9H,8,10H2,1H3. The van der Waals surface area contributed by atoms with Crippen molar-refractivity contribution in [3.05, 3.63) is 62.9 Å². The van der Waals surface area contributed by atoms with Crippen LogP contribution in [-0.2, 0) is 27.3 Å². The van der Waals surface area contributed by atoms with Gasteiger partial charge >= 0.3 is 5.97 Å². The first-order valence-corrected chi connectivity index (χ1v) is 9.21. The van der Waals surface area contributed by atoms with Crippen molar-refractivity contribution in [1.29, 1.82) is 0 Å². The molecule has 0 radical (unpaired) electrons. The highest BCUT2D eigenvalue weighted by molar-refractivity contribution is 7.16. The molecule has 8 heteroatoms. The van der Waals surface area contributed by atoms with E-state index < -0.39 is 5.97 Å². The number of ether oxygens (including phenoxy) is 1. The molecule has 0 saturated carbocycles. The van der Waals surface area contributed by atoms with Gasteiger partial charge in [-0.3, -0.25) is 9.59 Å². The number of nitrogens with zero attached hydrogens (tertiary/aromatic N) is 2. The van der Waals surface area contributed by atoms with E-state index in [1.807, 2.05) is 0 Å². The minimum atomic E-state index is -0.425. The van der Waals surface area contributed by atoms with E-state index in [0.29, 0.717) is 14.8 Å². The third-order valence-electron chi connectivity index (χ3n) is 3.65. The summed E-state index contributed by atoms with van der Waals surface area (Å²) in [7, 11) is 1.32. The first-order chi connectivity index (χ1) is 12.5. The van der Waals surface area contributed by atoms with E-state index in [0.717, 1.165) is 15.8 Å². The number of rotatable bonds is 4. The number of hydrogen-bond acceptors (Lipinski definition) is 4. The summed E-state index contributed by atoms with van der Waals surface area (Å²) in [6, 6.07) is 12.3. The summed E-state index contributed by atoms with van der Waals surface area (Å²) in [6.45, 7) is -0.0365. The van der Waals surface area contributed by atoms with Crippen molar-refractivity contribution in [2.45, 2.75) is 13.0 Å². The van der Waals surface area contributed by atoms with Crippen LogP contribution in [0.4, 0.5) is 0 Å². The normalized spacial score (nSPS) is 11.7. The maximum Gasteiger partial charge on any atom is 0.325 e. The molecule has 1 heterocycles. The summed E-state index contributed by atoms with van der Waals surface area (Å²) < 4.78 is 7.23. The maximum atomic E-state index is 12.4. The first-order valence-electron chi connectivity index (χ1n) is 7.64. The second kappa shape index (κ2) is 8.03. The second-order valence-electron chi connectivity index (χ2n) is 5.47. The fourth-order valence-electron chi connectivity index (χ4n) is 2.40. The first kappa shape index (κ1) is 18.6. The zero-order valence-electron chi connectivity index (χ0n) is 13.7. The Labute approximate surface area is 163 Å². The summed E-state index contributed by atoms with van der Waals surface area (Å²) in [5.41, 5.74) is 1.58. The Morgan fingerprint density at radius 3 is 2.50 bits per heavy atom. The van der Waals surface area contributed by atoms with Gasteiger partial charge in [-0.2, -0.15) is 4.99 Å². The lowest BCUT2D eigenvalue weighted by atomic mass is 10.1. The molecular weight excluding hydrogens is 395 g/mol. The lowest BCUT2D eigenvalue weighted by Crippen LogP contribution is -2.22. The maximum absolute atomic E-state index is 12.4. The van der Waals surface area contributed by atoms with Crippen LogP contribution < -0.4 is 4.80 Å². The van der Waals surface area contributed by atoms with Gasteiger partial charge in [0.2, 0.25) is 0 Å². The van der Waals surface area contributed by atoms with Gasteiger partial charge in [-0.25, -0.2) is 0 Å². The topological polar surface area (TPSA) is 60.7 Å². The molecule has 134 valence electrons. The monoisotopic (exact) mass is 408 g/mol. The highest BCUT2D eigenvalue weighted by Gasteiger charge is 2.12. The van der Waals surface area contributed by atoms with Gasteiger partial charge in [0.15, 0.2) is 4.80 Å². The van der Waals surface area contributed by atoms with Crippen LogP contribution >= 0.6 is 34.5 Å². The summed E-state index contributed by atoms with van der Waals surface area (Å²) in [6.07, 6.45) is 0.143. The largest absolute Gasteiger partial charge is 0.468 e. The van der Waals surface area contributed by atoms with Gasteiger partial charge in [-0.05, 0) is 35.9 Å². The molecule has 5 nitrogen and oxygen atoms in total. The third kappa shape index (κ3) is 4.33. The van der Waals surface area contributed by atoms with E-state index in [9.17, 15) is 9.59 Å². The Kier molecular flexibility index (Phi) is 5.76. The second-order valence-corrected chi connectivity index (χ2v) is 7.35. The number of halogens is 2. The van der Waals surface area contributed by atoms with Crippen LogP contribution in [0.3, 0.4) is 0 Å². The Bertz CT molecular complexity index is 1040. The molecule has 0 saturated heterocycles. The van der Waals surface area contributed by atoms with Crippen molar-refractivity contribution in [2.75, 3.05) is 7.11 Å². The Balaban J connectivity index is 2.00. The number of esters is 1. The number of hydrogen-bond donors (Lipinski definition) is 0. The molecule has 1 amide bonds. The Hall–Kier alpha value is -2.15. The van der Waals surface area contributed by atoms with Crippen LogP contribution in [0.5, 0.6) is 0 Å². The molecule has 0 bridgehead atoms. The molecule has 26 heavy (non-hydrogen) atoms. The van der Waals surface area contributed by atoms with E-state index in [1.54, 1.807) is 47.0 Å². The number of thiazole rings is 1. The Morgan fingerprint density at radius 2 is 1.81 bits per heavy atom. The molecule has 1 aromatic heterocycles. The van der Waals surface area contributed by atoms with Crippen LogP contribution in [0, 0.1) is 0 Å². The van der Waals surface area contributed by atoms with Crippen molar-refractivity contribution < 1.29 is 14.3 Å². The van der Waals surface area contributed by atoms with Crippen molar-refractivity contribution in [3.8, 4) is 0 Å². The van der Waals surface area contributed by atoms with Crippen LogP contribution in [0.1, 0.15) is 5.56 Å². The van der Waals surface area contributed by atoms with E-state index >= 15 is 0 Å². The number of methoxy groups -OCH3 is 1. The average molecular weight is 409 g/mol. The van der Waals surface area contributed by atoms with Gasteiger partial charge in [-0.1, -0.05) is 46.7 Å². The van der Waals surface area contributed by atoms with Gasteiger partial charge in [0.1, 0.15) is 6.54 Å². The molecule has 0 spiro atoms. The van der Waals surface area contributed by atoms with Crippen LogP contribution in [-0.4, -0.2) is 23.6 Å².